The zero-order valence-corrected chi connectivity index (χ0v) is 15.8. The maximum absolute atomic E-state index is 13.5. The summed E-state index contributed by atoms with van der Waals surface area (Å²) in [5.74, 6) is 1.42. The fourth-order valence-electron chi connectivity index (χ4n) is 3.13. The molecule has 28 heavy (non-hydrogen) atoms. The number of nitrogens with zero attached hydrogens (tertiary/aromatic N) is 2. The van der Waals surface area contributed by atoms with Crippen molar-refractivity contribution in [1.29, 1.82) is 0 Å². The van der Waals surface area contributed by atoms with E-state index in [-0.39, 0.29) is 23.4 Å². The van der Waals surface area contributed by atoms with Gasteiger partial charge in [0.05, 0.1) is 11.5 Å². The number of hydrogen-bond donors (Lipinski definition) is 2. The molecule has 144 valence electrons. The Balaban J connectivity index is 1.67. The first-order valence-electron chi connectivity index (χ1n) is 8.91. The van der Waals surface area contributed by atoms with E-state index in [1.165, 1.54) is 12.1 Å². The van der Waals surface area contributed by atoms with Gasteiger partial charge in [0.15, 0.2) is 15.7 Å². The summed E-state index contributed by atoms with van der Waals surface area (Å²) in [6.45, 7) is 0. The molecule has 1 fully saturated rings. The van der Waals surface area contributed by atoms with Crippen LogP contribution in [0.4, 0.5) is 21.7 Å². The van der Waals surface area contributed by atoms with Crippen LogP contribution in [0.3, 0.4) is 0 Å². The second-order valence-corrected chi connectivity index (χ2v) is 8.94. The van der Waals surface area contributed by atoms with E-state index >= 15 is 0 Å². The highest BCUT2D eigenvalue weighted by molar-refractivity contribution is 7.91. The fraction of sp³-hybridized carbons (Fsp3) is 0.200. The van der Waals surface area contributed by atoms with E-state index in [4.69, 9.17) is 0 Å². The maximum atomic E-state index is 13.5. The molecule has 8 heteroatoms. The Morgan fingerprint density at radius 2 is 1.75 bits per heavy atom. The van der Waals surface area contributed by atoms with Gasteiger partial charge in [-0.2, -0.15) is 0 Å². The van der Waals surface area contributed by atoms with Crippen LogP contribution in [0.25, 0.3) is 11.4 Å². The first-order valence-corrected chi connectivity index (χ1v) is 10.7. The second kappa shape index (κ2) is 7.55. The van der Waals surface area contributed by atoms with E-state index in [9.17, 15) is 12.8 Å². The van der Waals surface area contributed by atoms with E-state index in [0.29, 0.717) is 29.6 Å². The minimum atomic E-state index is -3.00. The number of benzene rings is 2. The SMILES string of the molecule is O=S1(=O)CCC(Nc2cc(Nc3cccc(F)c3)nc(-c3ccccc3)n2)C1. The van der Waals surface area contributed by atoms with Gasteiger partial charge in [0.25, 0.3) is 0 Å². The molecular weight excluding hydrogens is 379 g/mol. The van der Waals surface area contributed by atoms with Crippen LogP contribution in [0, 0.1) is 5.82 Å². The standard InChI is InChI=1S/C20H19FN4O2S/c21-15-7-4-8-16(11-15)22-18-12-19(23-17-9-10-28(26,27)13-17)25-20(24-18)14-5-2-1-3-6-14/h1-8,11-12,17H,9-10,13H2,(H2,22,23,24,25). The molecule has 1 atom stereocenters. The highest BCUT2D eigenvalue weighted by Gasteiger charge is 2.28. The smallest absolute Gasteiger partial charge is 0.163 e. The van der Waals surface area contributed by atoms with Crippen molar-refractivity contribution in [3.63, 3.8) is 0 Å². The molecule has 0 spiro atoms. The molecule has 1 unspecified atom stereocenters. The van der Waals surface area contributed by atoms with Crippen molar-refractivity contribution < 1.29 is 12.8 Å². The molecule has 4 rings (SSSR count). The van der Waals surface area contributed by atoms with Gasteiger partial charge in [-0.3, -0.25) is 0 Å². The molecule has 0 aliphatic carbocycles. The molecule has 3 aromatic rings. The molecule has 2 N–H and O–H groups in total. The topological polar surface area (TPSA) is 84.0 Å². The van der Waals surface area contributed by atoms with Gasteiger partial charge in [-0.25, -0.2) is 22.8 Å². The highest BCUT2D eigenvalue weighted by atomic mass is 32.2. The Bertz CT molecular complexity index is 1090. The third kappa shape index (κ3) is 4.45. The van der Waals surface area contributed by atoms with Crippen molar-refractivity contribution in [3.05, 3.63) is 66.5 Å². The number of hydrogen-bond acceptors (Lipinski definition) is 6. The zero-order valence-electron chi connectivity index (χ0n) is 15.0. The molecular formula is C20H19FN4O2S. The molecule has 0 amide bonds. The van der Waals surface area contributed by atoms with Gasteiger partial charge in [-0.05, 0) is 24.6 Å². The minimum absolute atomic E-state index is 0.0876. The average molecular weight is 398 g/mol. The van der Waals surface area contributed by atoms with Gasteiger partial charge in [-0.1, -0.05) is 36.4 Å². The van der Waals surface area contributed by atoms with Gasteiger partial charge in [0, 0.05) is 23.4 Å². The van der Waals surface area contributed by atoms with E-state index in [1.54, 1.807) is 18.2 Å². The lowest BCUT2D eigenvalue weighted by molar-refractivity contribution is 0.602. The van der Waals surface area contributed by atoms with Crippen LogP contribution >= 0.6 is 0 Å². The summed E-state index contributed by atoms with van der Waals surface area (Å²) in [6.07, 6.45) is 0.541. The third-order valence-electron chi connectivity index (χ3n) is 4.44. The van der Waals surface area contributed by atoms with Gasteiger partial charge in [0.2, 0.25) is 0 Å². The van der Waals surface area contributed by atoms with E-state index in [0.717, 1.165) is 5.56 Å². The van der Waals surface area contributed by atoms with Crippen LogP contribution in [-0.2, 0) is 9.84 Å². The number of halogens is 1. The number of sulfone groups is 1. The summed E-state index contributed by atoms with van der Waals surface area (Å²) < 4.78 is 37.0. The van der Waals surface area contributed by atoms with Crippen LogP contribution in [0.15, 0.2) is 60.7 Å². The lowest BCUT2D eigenvalue weighted by Crippen LogP contribution is -2.21. The zero-order chi connectivity index (χ0) is 19.6. The predicted octanol–water partition coefficient (Wildman–Crippen LogP) is 3.63. The van der Waals surface area contributed by atoms with Crippen LogP contribution < -0.4 is 10.6 Å². The Labute approximate surface area is 162 Å². The van der Waals surface area contributed by atoms with Crippen molar-refractivity contribution >= 4 is 27.2 Å². The number of nitrogens with one attached hydrogen (secondary N) is 2. The summed E-state index contributed by atoms with van der Waals surface area (Å²) >= 11 is 0. The minimum Gasteiger partial charge on any atom is -0.366 e. The Morgan fingerprint density at radius 3 is 2.46 bits per heavy atom. The van der Waals surface area contributed by atoms with E-state index < -0.39 is 9.84 Å². The van der Waals surface area contributed by atoms with Gasteiger partial charge in [-0.15, -0.1) is 0 Å². The number of aromatic nitrogens is 2. The van der Waals surface area contributed by atoms with Crippen molar-refractivity contribution in [3.8, 4) is 11.4 Å². The van der Waals surface area contributed by atoms with E-state index in [1.807, 2.05) is 30.3 Å². The highest BCUT2D eigenvalue weighted by Crippen LogP contribution is 2.25. The molecule has 6 nitrogen and oxygen atoms in total. The number of rotatable bonds is 5. The molecule has 1 aromatic heterocycles. The predicted molar refractivity (Wildman–Crippen MR) is 108 cm³/mol. The van der Waals surface area contributed by atoms with Crippen LogP contribution in [-0.4, -0.2) is 35.9 Å². The maximum Gasteiger partial charge on any atom is 0.163 e. The summed E-state index contributed by atoms with van der Waals surface area (Å²) in [7, 11) is -3.00. The van der Waals surface area contributed by atoms with Gasteiger partial charge >= 0.3 is 0 Å². The molecule has 2 heterocycles. The summed E-state index contributed by atoms with van der Waals surface area (Å²) in [5.41, 5.74) is 1.39. The largest absolute Gasteiger partial charge is 0.366 e. The van der Waals surface area contributed by atoms with Crippen molar-refractivity contribution in [2.24, 2.45) is 0 Å². The van der Waals surface area contributed by atoms with Crippen molar-refractivity contribution in [2.75, 3.05) is 22.1 Å². The Hall–Kier alpha value is -3.00. The van der Waals surface area contributed by atoms with Crippen LogP contribution in [0.2, 0.25) is 0 Å². The Morgan fingerprint density at radius 1 is 0.964 bits per heavy atom. The Kier molecular flexibility index (Phi) is 4.95. The first-order chi connectivity index (χ1) is 13.5. The van der Waals surface area contributed by atoms with Crippen LogP contribution in [0.1, 0.15) is 6.42 Å². The van der Waals surface area contributed by atoms with Crippen molar-refractivity contribution in [1.82, 2.24) is 9.97 Å². The third-order valence-corrected chi connectivity index (χ3v) is 6.21. The quantitative estimate of drug-likeness (QED) is 0.683. The molecule has 2 aromatic carbocycles. The fourth-order valence-corrected chi connectivity index (χ4v) is 4.81. The summed E-state index contributed by atoms with van der Waals surface area (Å²) in [5, 5.41) is 6.29. The average Bonchev–Trinajstić information content (AvgIpc) is 3.00. The molecule has 1 saturated heterocycles. The molecule has 0 saturated carbocycles. The molecule has 1 aliphatic heterocycles. The monoisotopic (exact) mass is 398 g/mol. The van der Waals surface area contributed by atoms with Crippen LogP contribution in [0.5, 0.6) is 0 Å². The molecule has 0 radical (unpaired) electrons. The van der Waals surface area contributed by atoms with Crippen molar-refractivity contribution in [2.45, 2.75) is 12.5 Å². The second-order valence-electron chi connectivity index (χ2n) is 6.71. The lowest BCUT2D eigenvalue weighted by Gasteiger charge is -2.15. The number of anilines is 3. The molecule has 0 bridgehead atoms. The van der Waals surface area contributed by atoms with Gasteiger partial charge < -0.3 is 10.6 Å². The van der Waals surface area contributed by atoms with E-state index in [2.05, 4.69) is 20.6 Å². The summed E-state index contributed by atoms with van der Waals surface area (Å²) in [6, 6.07) is 17.1. The first kappa shape index (κ1) is 18.4. The lowest BCUT2D eigenvalue weighted by atomic mass is 10.2. The van der Waals surface area contributed by atoms with Gasteiger partial charge in [0.1, 0.15) is 17.5 Å². The molecule has 1 aliphatic rings. The summed E-state index contributed by atoms with van der Waals surface area (Å²) in [4.78, 5) is 9.07. The normalized spacial score (nSPS) is 18.0.